The van der Waals surface area contributed by atoms with E-state index >= 15 is 0 Å². The Morgan fingerprint density at radius 3 is 2.52 bits per heavy atom. The predicted octanol–water partition coefficient (Wildman–Crippen LogP) is 1.51. The molecule has 0 aliphatic carbocycles. The Morgan fingerprint density at radius 1 is 1.26 bits per heavy atom. The topological polar surface area (TPSA) is 50.6 Å². The van der Waals surface area contributed by atoms with Gasteiger partial charge in [0.25, 0.3) is 0 Å². The van der Waals surface area contributed by atoms with Crippen LogP contribution in [0.2, 0.25) is 0 Å². The third-order valence-corrected chi connectivity index (χ3v) is 5.74. The summed E-state index contributed by atoms with van der Waals surface area (Å²) in [6.45, 7) is 8.94. The minimum atomic E-state index is -0.0307. The molecule has 0 bridgehead atoms. The van der Waals surface area contributed by atoms with Crippen LogP contribution in [0.5, 0.6) is 0 Å². The Morgan fingerprint density at radius 2 is 1.96 bits per heavy atom. The number of hydrogen-bond donors (Lipinski definition) is 0. The number of nitriles is 1. The van der Waals surface area contributed by atoms with E-state index in [4.69, 9.17) is 0 Å². The van der Waals surface area contributed by atoms with Crippen molar-refractivity contribution < 1.29 is 4.79 Å². The molecule has 2 saturated heterocycles. The summed E-state index contributed by atoms with van der Waals surface area (Å²) < 4.78 is 0. The highest BCUT2D eigenvalue weighted by molar-refractivity contribution is 7.98. The molecule has 0 radical (unpaired) electrons. The average molecular weight is 339 g/mol. The molecule has 0 aromatic carbocycles. The maximum absolute atomic E-state index is 12.6. The highest BCUT2D eigenvalue weighted by atomic mass is 32.2. The first kappa shape index (κ1) is 18.6. The fourth-order valence-corrected chi connectivity index (χ4v) is 4.42. The molecule has 2 heterocycles. The van der Waals surface area contributed by atoms with Crippen molar-refractivity contribution in [2.24, 2.45) is 5.92 Å². The Bertz CT molecular complexity index is 429. The first-order valence-corrected chi connectivity index (χ1v) is 10.1. The van der Waals surface area contributed by atoms with Crippen LogP contribution >= 0.6 is 11.8 Å². The van der Waals surface area contributed by atoms with Crippen molar-refractivity contribution in [1.29, 1.82) is 5.26 Å². The predicted molar refractivity (Wildman–Crippen MR) is 95.4 cm³/mol. The summed E-state index contributed by atoms with van der Waals surface area (Å²) in [7, 11) is 0. The van der Waals surface area contributed by atoms with Gasteiger partial charge in [-0.25, -0.2) is 0 Å². The quantitative estimate of drug-likeness (QED) is 0.735. The molecule has 1 amide bonds. The molecule has 0 aromatic rings. The molecule has 2 aliphatic rings. The molecular formula is C17H30N4OS. The monoisotopic (exact) mass is 338 g/mol. The van der Waals surface area contributed by atoms with E-state index in [2.05, 4.69) is 36.0 Å². The Labute approximate surface area is 145 Å². The Hall–Kier alpha value is -0.770. The van der Waals surface area contributed by atoms with Gasteiger partial charge in [-0.05, 0) is 31.6 Å². The number of likely N-dealkylation sites (tertiary alicyclic amines) is 1. The van der Waals surface area contributed by atoms with E-state index in [1.165, 1.54) is 12.8 Å². The summed E-state index contributed by atoms with van der Waals surface area (Å²) in [5.41, 5.74) is 0. The molecule has 2 fully saturated rings. The number of hydrogen-bond acceptors (Lipinski definition) is 5. The van der Waals surface area contributed by atoms with Gasteiger partial charge in [0.2, 0.25) is 5.91 Å². The van der Waals surface area contributed by atoms with E-state index in [0.717, 1.165) is 38.5 Å². The molecule has 2 atom stereocenters. The molecule has 2 rings (SSSR count). The molecular weight excluding hydrogens is 308 g/mol. The van der Waals surface area contributed by atoms with E-state index in [9.17, 15) is 10.1 Å². The highest BCUT2D eigenvalue weighted by Gasteiger charge is 2.30. The third kappa shape index (κ3) is 4.85. The van der Waals surface area contributed by atoms with E-state index < -0.39 is 0 Å². The molecule has 0 aromatic heterocycles. The van der Waals surface area contributed by atoms with E-state index in [0.29, 0.717) is 18.5 Å². The molecule has 6 heteroatoms. The number of nitrogens with zero attached hydrogens (tertiary/aromatic N) is 4. The fourth-order valence-electron chi connectivity index (χ4n) is 3.66. The smallest absolute Gasteiger partial charge is 0.236 e. The van der Waals surface area contributed by atoms with Gasteiger partial charge in [-0.15, -0.1) is 0 Å². The molecule has 0 unspecified atom stereocenters. The summed E-state index contributed by atoms with van der Waals surface area (Å²) in [6.07, 6.45) is 4.57. The number of rotatable bonds is 6. The van der Waals surface area contributed by atoms with Crippen molar-refractivity contribution in [3.63, 3.8) is 0 Å². The van der Waals surface area contributed by atoms with Crippen molar-refractivity contribution in [2.45, 2.75) is 38.8 Å². The van der Waals surface area contributed by atoms with Gasteiger partial charge in [-0.2, -0.15) is 17.0 Å². The Balaban J connectivity index is 1.81. The lowest BCUT2D eigenvalue weighted by atomic mass is 10.0. The second-order valence-corrected chi connectivity index (χ2v) is 7.87. The van der Waals surface area contributed by atoms with Crippen LogP contribution in [0, 0.1) is 17.2 Å². The van der Waals surface area contributed by atoms with Crippen LogP contribution in [-0.2, 0) is 4.79 Å². The van der Waals surface area contributed by atoms with Crippen molar-refractivity contribution in [3.8, 4) is 6.07 Å². The normalized spacial score (nSPS) is 24.8. The fraction of sp³-hybridized carbons (Fsp3) is 0.882. The van der Waals surface area contributed by atoms with Gasteiger partial charge in [-0.1, -0.05) is 13.8 Å². The maximum atomic E-state index is 12.6. The lowest BCUT2D eigenvalue weighted by Gasteiger charge is -2.38. The van der Waals surface area contributed by atoms with Crippen molar-refractivity contribution in [2.75, 3.05) is 51.3 Å². The second-order valence-electron chi connectivity index (χ2n) is 6.96. The van der Waals surface area contributed by atoms with Gasteiger partial charge in [0.05, 0.1) is 12.6 Å². The number of amides is 1. The lowest BCUT2D eigenvalue weighted by Crippen LogP contribution is -2.54. The second kappa shape index (κ2) is 8.91. The van der Waals surface area contributed by atoms with Gasteiger partial charge >= 0.3 is 0 Å². The first-order chi connectivity index (χ1) is 11.1. The van der Waals surface area contributed by atoms with E-state index in [-0.39, 0.29) is 11.9 Å². The Kier molecular flexibility index (Phi) is 7.19. The van der Waals surface area contributed by atoms with Gasteiger partial charge in [0.15, 0.2) is 0 Å². The third-order valence-electron chi connectivity index (χ3n) is 5.02. The molecule has 0 N–H and O–H groups in total. The summed E-state index contributed by atoms with van der Waals surface area (Å²) in [5.74, 6) is 1.72. The first-order valence-electron chi connectivity index (χ1n) is 8.71. The van der Waals surface area contributed by atoms with Crippen LogP contribution in [0.15, 0.2) is 0 Å². The zero-order valence-corrected chi connectivity index (χ0v) is 15.5. The lowest BCUT2D eigenvalue weighted by molar-refractivity contribution is -0.134. The van der Waals surface area contributed by atoms with Gasteiger partial charge in [-0.3, -0.25) is 14.6 Å². The largest absolute Gasteiger partial charge is 0.339 e. The highest BCUT2D eigenvalue weighted by Crippen LogP contribution is 2.20. The van der Waals surface area contributed by atoms with Crippen LogP contribution in [-0.4, -0.2) is 84.0 Å². The van der Waals surface area contributed by atoms with Crippen molar-refractivity contribution in [1.82, 2.24) is 14.7 Å². The van der Waals surface area contributed by atoms with Gasteiger partial charge in [0.1, 0.15) is 6.04 Å². The van der Waals surface area contributed by atoms with Crippen molar-refractivity contribution in [3.05, 3.63) is 0 Å². The molecule has 23 heavy (non-hydrogen) atoms. The van der Waals surface area contributed by atoms with E-state index in [1.807, 2.05) is 16.7 Å². The molecule has 0 spiro atoms. The number of thioether (sulfide) groups is 1. The molecule has 2 aliphatic heterocycles. The zero-order chi connectivity index (χ0) is 16.8. The summed E-state index contributed by atoms with van der Waals surface area (Å²) in [6, 6.07) is 2.94. The zero-order valence-electron chi connectivity index (χ0n) is 14.7. The van der Waals surface area contributed by atoms with Gasteiger partial charge < -0.3 is 4.90 Å². The number of piperazine rings is 1. The van der Waals surface area contributed by atoms with Crippen LogP contribution in [0.3, 0.4) is 0 Å². The number of carbonyl (C=O) groups is 1. The van der Waals surface area contributed by atoms with Crippen LogP contribution in [0.4, 0.5) is 0 Å². The summed E-state index contributed by atoms with van der Waals surface area (Å²) >= 11 is 1.87. The van der Waals surface area contributed by atoms with Crippen molar-refractivity contribution >= 4 is 17.7 Å². The minimum Gasteiger partial charge on any atom is -0.339 e. The summed E-state index contributed by atoms with van der Waals surface area (Å²) in [5, 5.41) is 9.31. The van der Waals surface area contributed by atoms with Crippen LogP contribution in [0.25, 0.3) is 0 Å². The van der Waals surface area contributed by atoms with Gasteiger partial charge in [0, 0.05) is 38.0 Å². The van der Waals surface area contributed by atoms with Crippen LogP contribution < -0.4 is 0 Å². The molecule has 130 valence electrons. The average Bonchev–Trinajstić information content (AvgIpc) is 2.96. The van der Waals surface area contributed by atoms with Crippen LogP contribution in [0.1, 0.15) is 26.7 Å². The summed E-state index contributed by atoms with van der Waals surface area (Å²) in [4.78, 5) is 19.1. The molecule has 5 nitrogen and oxygen atoms in total. The number of carbonyl (C=O) groups excluding carboxylic acids is 1. The maximum Gasteiger partial charge on any atom is 0.236 e. The SMILES string of the molecule is CSC[C@H]1CCCN1CC(=O)N1CCN([C@H](C#N)C(C)C)CC1. The van der Waals surface area contributed by atoms with E-state index in [1.54, 1.807) is 0 Å². The standard InChI is InChI=1S/C17H30N4OS/c1-14(2)16(11-18)19-7-9-20(10-8-19)17(22)12-21-6-4-5-15(21)13-23-3/h14-16H,4-10,12-13H2,1-3H3/t15-,16-/m1/s1. The molecule has 0 saturated carbocycles. The minimum absolute atomic E-state index is 0.0307.